The Balaban J connectivity index is 1.74. The van der Waals surface area contributed by atoms with Crippen LogP contribution in [0.4, 0.5) is 11.4 Å². The number of hydrogen-bond acceptors (Lipinski definition) is 2. The standard InChI is InChI=1S/C18H16Cl2N2O2/c1-11-3-2-4-13(9-11)21-16(23)18(7-8-18)17(24)22-15-10-12(19)5-6-14(15)20/h2-6,9-10H,7-8H2,1H3,(H,21,23)(H,22,24). The quantitative estimate of drug-likeness (QED) is 0.777. The zero-order valence-electron chi connectivity index (χ0n) is 13.0. The first kappa shape index (κ1) is 16.8. The topological polar surface area (TPSA) is 58.2 Å². The molecule has 4 nitrogen and oxygen atoms in total. The fourth-order valence-electron chi connectivity index (χ4n) is 2.49. The molecule has 2 N–H and O–H groups in total. The molecule has 0 aromatic heterocycles. The summed E-state index contributed by atoms with van der Waals surface area (Å²) in [4.78, 5) is 25.1. The van der Waals surface area contributed by atoms with E-state index in [0.29, 0.717) is 34.3 Å². The van der Waals surface area contributed by atoms with E-state index >= 15 is 0 Å². The molecule has 0 saturated heterocycles. The molecule has 0 spiro atoms. The molecule has 2 aromatic carbocycles. The Labute approximate surface area is 150 Å². The zero-order chi connectivity index (χ0) is 17.3. The smallest absolute Gasteiger partial charge is 0.240 e. The molecular weight excluding hydrogens is 347 g/mol. The van der Waals surface area contributed by atoms with Gasteiger partial charge in [-0.3, -0.25) is 9.59 Å². The molecule has 1 aliphatic carbocycles. The Hall–Kier alpha value is -2.04. The molecule has 1 saturated carbocycles. The summed E-state index contributed by atoms with van der Waals surface area (Å²) < 4.78 is 0. The third kappa shape index (κ3) is 3.40. The number of rotatable bonds is 4. The van der Waals surface area contributed by atoms with Crippen molar-refractivity contribution in [3.63, 3.8) is 0 Å². The number of aryl methyl sites for hydroxylation is 1. The van der Waals surface area contributed by atoms with Crippen molar-refractivity contribution < 1.29 is 9.59 Å². The van der Waals surface area contributed by atoms with E-state index in [1.54, 1.807) is 24.3 Å². The fraction of sp³-hybridized carbons (Fsp3) is 0.222. The Morgan fingerprint density at radius 3 is 2.38 bits per heavy atom. The first-order chi connectivity index (χ1) is 11.4. The largest absolute Gasteiger partial charge is 0.325 e. The lowest BCUT2D eigenvalue weighted by Gasteiger charge is -2.16. The minimum atomic E-state index is -1.05. The molecule has 6 heteroatoms. The first-order valence-corrected chi connectivity index (χ1v) is 8.31. The summed E-state index contributed by atoms with van der Waals surface area (Å²) in [6.07, 6.45) is 1.02. The Morgan fingerprint density at radius 1 is 1.00 bits per heavy atom. The number of nitrogens with one attached hydrogen (secondary N) is 2. The SMILES string of the molecule is Cc1cccc(NC(=O)C2(C(=O)Nc3cc(Cl)ccc3Cl)CC2)c1. The van der Waals surface area contributed by atoms with Crippen molar-refractivity contribution in [1.82, 2.24) is 0 Å². The van der Waals surface area contributed by atoms with Crippen LogP contribution in [0.2, 0.25) is 10.0 Å². The van der Waals surface area contributed by atoms with Crippen LogP contribution in [-0.4, -0.2) is 11.8 Å². The van der Waals surface area contributed by atoms with Crippen molar-refractivity contribution in [2.75, 3.05) is 10.6 Å². The number of benzene rings is 2. The highest BCUT2D eigenvalue weighted by molar-refractivity contribution is 6.36. The second-order valence-electron chi connectivity index (χ2n) is 5.98. The van der Waals surface area contributed by atoms with E-state index in [4.69, 9.17) is 23.2 Å². The lowest BCUT2D eigenvalue weighted by Crippen LogP contribution is -2.35. The predicted octanol–water partition coefficient (Wildman–Crippen LogP) is 4.66. The van der Waals surface area contributed by atoms with Crippen molar-refractivity contribution in [2.24, 2.45) is 5.41 Å². The van der Waals surface area contributed by atoms with Gasteiger partial charge in [0.15, 0.2) is 0 Å². The molecule has 124 valence electrons. The van der Waals surface area contributed by atoms with Gasteiger partial charge in [-0.25, -0.2) is 0 Å². The third-order valence-corrected chi connectivity index (χ3v) is 4.64. The molecule has 3 rings (SSSR count). The van der Waals surface area contributed by atoms with Gasteiger partial charge in [-0.05, 0) is 55.7 Å². The summed E-state index contributed by atoms with van der Waals surface area (Å²) in [5.41, 5.74) is 1.08. The number of hydrogen-bond donors (Lipinski definition) is 2. The van der Waals surface area contributed by atoms with Crippen molar-refractivity contribution >= 4 is 46.4 Å². The summed E-state index contributed by atoms with van der Waals surface area (Å²) in [6, 6.07) is 12.3. The molecule has 2 aromatic rings. The van der Waals surface area contributed by atoms with Crippen molar-refractivity contribution in [3.8, 4) is 0 Å². The lowest BCUT2D eigenvalue weighted by atomic mass is 10.0. The second kappa shape index (κ2) is 6.46. The van der Waals surface area contributed by atoms with Crippen LogP contribution in [0.25, 0.3) is 0 Å². The molecule has 0 aliphatic heterocycles. The van der Waals surface area contributed by atoms with Crippen LogP contribution in [0.15, 0.2) is 42.5 Å². The maximum atomic E-state index is 12.6. The van der Waals surface area contributed by atoms with Gasteiger partial charge < -0.3 is 10.6 Å². The number of carbonyl (C=O) groups excluding carboxylic acids is 2. The van der Waals surface area contributed by atoms with E-state index in [9.17, 15) is 9.59 Å². The average Bonchev–Trinajstić information content (AvgIpc) is 3.33. The zero-order valence-corrected chi connectivity index (χ0v) is 14.5. The molecule has 0 radical (unpaired) electrons. The first-order valence-electron chi connectivity index (χ1n) is 7.55. The normalized spacial score (nSPS) is 14.8. The fourth-order valence-corrected chi connectivity index (χ4v) is 2.83. The van der Waals surface area contributed by atoms with Gasteiger partial charge in [0.2, 0.25) is 11.8 Å². The van der Waals surface area contributed by atoms with Crippen molar-refractivity contribution in [1.29, 1.82) is 0 Å². The van der Waals surface area contributed by atoms with Crippen molar-refractivity contribution in [3.05, 3.63) is 58.1 Å². The van der Waals surface area contributed by atoms with Gasteiger partial charge in [-0.2, -0.15) is 0 Å². The van der Waals surface area contributed by atoms with Gasteiger partial charge in [0.1, 0.15) is 5.41 Å². The van der Waals surface area contributed by atoms with Crippen molar-refractivity contribution in [2.45, 2.75) is 19.8 Å². The summed E-state index contributed by atoms with van der Waals surface area (Å²) in [5, 5.41) is 6.37. The van der Waals surface area contributed by atoms with E-state index in [0.717, 1.165) is 5.56 Å². The minimum absolute atomic E-state index is 0.302. The van der Waals surface area contributed by atoms with Gasteiger partial charge in [0, 0.05) is 10.7 Å². The van der Waals surface area contributed by atoms with Gasteiger partial charge in [-0.1, -0.05) is 35.3 Å². The Morgan fingerprint density at radius 2 is 1.71 bits per heavy atom. The van der Waals surface area contributed by atoms with E-state index < -0.39 is 5.41 Å². The van der Waals surface area contributed by atoms with Crippen LogP contribution in [0.3, 0.4) is 0 Å². The molecular formula is C18H16Cl2N2O2. The third-order valence-electron chi connectivity index (χ3n) is 4.07. The van der Waals surface area contributed by atoms with E-state index in [1.165, 1.54) is 0 Å². The molecule has 0 heterocycles. The second-order valence-corrected chi connectivity index (χ2v) is 6.83. The number of halogens is 2. The lowest BCUT2D eigenvalue weighted by molar-refractivity contribution is -0.131. The maximum Gasteiger partial charge on any atom is 0.240 e. The number of anilines is 2. The van der Waals surface area contributed by atoms with Crippen LogP contribution in [0.1, 0.15) is 18.4 Å². The van der Waals surface area contributed by atoms with Crippen LogP contribution in [-0.2, 0) is 9.59 Å². The Kier molecular flexibility index (Phi) is 4.52. The Bertz CT molecular complexity index is 816. The van der Waals surface area contributed by atoms with E-state index in [-0.39, 0.29) is 11.8 Å². The van der Waals surface area contributed by atoms with Gasteiger partial charge in [0.25, 0.3) is 0 Å². The monoisotopic (exact) mass is 362 g/mol. The molecule has 0 bridgehead atoms. The maximum absolute atomic E-state index is 12.6. The van der Waals surface area contributed by atoms with Crippen LogP contribution >= 0.6 is 23.2 Å². The summed E-state index contributed by atoms with van der Waals surface area (Å²) in [7, 11) is 0. The summed E-state index contributed by atoms with van der Waals surface area (Å²) in [6.45, 7) is 1.94. The molecule has 0 unspecified atom stereocenters. The number of carbonyl (C=O) groups is 2. The van der Waals surface area contributed by atoms with Gasteiger partial charge in [0.05, 0.1) is 10.7 Å². The molecule has 2 amide bonds. The van der Waals surface area contributed by atoms with E-state index in [1.807, 2.05) is 25.1 Å². The number of amides is 2. The predicted molar refractivity (Wildman–Crippen MR) is 96.6 cm³/mol. The molecule has 24 heavy (non-hydrogen) atoms. The molecule has 1 fully saturated rings. The van der Waals surface area contributed by atoms with Gasteiger partial charge in [-0.15, -0.1) is 0 Å². The van der Waals surface area contributed by atoms with Crippen LogP contribution in [0, 0.1) is 12.3 Å². The van der Waals surface area contributed by atoms with Gasteiger partial charge >= 0.3 is 0 Å². The highest BCUT2D eigenvalue weighted by Crippen LogP contribution is 2.48. The van der Waals surface area contributed by atoms with Crippen LogP contribution < -0.4 is 10.6 Å². The van der Waals surface area contributed by atoms with E-state index in [2.05, 4.69) is 10.6 Å². The summed E-state index contributed by atoms with van der Waals surface area (Å²) >= 11 is 12.0. The highest BCUT2D eigenvalue weighted by Gasteiger charge is 2.56. The molecule has 0 atom stereocenters. The highest BCUT2D eigenvalue weighted by atomic mass is 35.5. The minimum Gasteiger partial charge on any atom is -0.325 e. The summed E-state index contributed by atoms with van der Waals surface area (Å²) in [5.74, 6) is -0.666. The average molecular weight is 363 g/mol. The van der Waals surface area contributed by atoms with Crippen LogP contribution in [0.5, 0.6) is 0 Å². The molecule has 1 aliphatic rings.